The summed E-state index contributed by atoms with van der Waals surface area (Å²) in [5.74, 6) is 0.0708. The summed E-state index contributed by atoms with van der Waals surface area (Å²) in [6, 6.07) is 7.07. The van der Waals surface area contributed by atoms with Gasteiger partial charge in [-0.2, -0.15) is 0 Å². The number of methoxy groups -OCH3 is 1. The summed E-state index contributed by atoms with van der Waals surface area (Å²) in [5, 5.41) is 20.5. The number of hydrogen-bond acceptors (Lipinski definition) is 10. The first-order valence-corrected chi connectivity index (χ1v) is 15.3. The number of benzene rings is 2. The van der Waals surface area contributed by atoms with E-state index >= 15 is 0 Å². The van der Waals surface area contributed by atoms with Crippen molar-refractivity contribution in [3.8, 4) is 23.0 Å². The average Bonchev–Trinajstić information content (AvgIpc) is 3.62. The van der Waals surface area contributed by atoms with E-state index in [-0.39, 0.29) is 42.9 Å². The highest BCUT2D eigenvalue weighted by molar-refractivity contribution is 5.81. The molecule has 6 N–H and O–H groups in total. The van der Waals surface area contributed by atoms with E-state index in [1.54, 1.807) is 13.0 Å². The minimum atomic E-state index is -0.527. The number of phenols is 1. The van der Waals surface area contributed by atoms with Crippen LogP contribution < -0.4 is 35.9 Å². The Labute approximate surface area is 252 Å². The fourth-order valence-corrected chi connectivity index (χ4v) is 6.45. The maximum Gasteiger partial charge on any atom is 0.310 e. The summed E-state index contributed by atoms with van der Waals surface area (Å²) in [4.78, 5) is 26.5. The number of fused-ring (bicyclic) bond motifs is 3. The molecule has 1 amide bonds. The normalized spacial score (nSPS) is 21.7. The first-order valence-electron chi connectivity index (χ1n) is 15.3. The number of amides is 1. The van der Waals surface area contributed by atoms with Crippen molar-refractivity contribution in [3.63, 3.8) is 0 Å². The molecule has 2 aromatic carbocycles. The minimum Gasteiger partial charge on any atom is -0.504 e. The zero-order valence-electron chi connectivity index (χ0n) is 25.1. The highest BCUT2D eigenvalue weighted by Gasteiger charge is 2.53. The molecule has 0 aromatic heterocycles. The highest BCUT2D eigenvalue weighted by atomic mass is 16.7. The maximum atomic E-state index is 13.3. The summed E-state index contributed by atoms with van der Waals surface area (Å²) in [7, 11) is 1.50. The van der Waals surface area contributed by atoms with Crippen LogP contribution >= 0.6 is 0 Å². The lowest BCUT2D eigenvalue weighted by Gasteiger charge is -2.39. The van der Waals surface area contributed by atoms with Crippen LogP contribution in [0.15, 0.2) is 24.3 Å². The molecule has 1 fully saturated rings. The molecule has 11 heteroatoms. The van der Waals surface area contributed by atoms with E-state index in [2.05, 4.69) is 16.0 Å². The number of unbranched alkanes of at least 4 members (excludes halogenated alkanes) is 1. The van der Waals surface area contributed by atoms with Gasteiger partial charge in [0.15, 0.2) is 23.0 Å². The van der Waals surface area contributed by atoms with Gasteiger partial charge in [-0.25, -0.2) is 0 Å². The van der Waals surface area contributed by atoms with Gasteiger partial charge in [-0.1, -0.05) is 6.07 Å². The first kappa shape index (κ1) is 30.9. The van der Waals surface area contributed by atoms with E-state index in [1.807, 2.05) is 18.2 Å². The zero-order valence-corrected chi connectivity index (χ0v) is 25.1. The lowest BCUT2D eigenvalue weighted by Crippen LogP contribution is -2.42. The van der Waals surface area contributed by atoms with Crippen LogP contribution in [0.5, 0.6) is 23.0 Å². The summed E-state index contributed by atoms with van der Waals surface area (Å²) < 4.78 is 22.5. The SMILES string of the molecule is COc1cc(C2c3cc4c(cc3[C@@H](NC(=O)CCCCNCCCNCCCN)[C@H]3COC(=O)[C@H]23)OCO4)cc(C)c1O. The summed E-state index contributed by atoms with van der Waals surface area (Å²) in [5.41, 5.74) is 8.72. The maximum absolute atomic E-state index is 13.3. The van der Waals surface area contributed by atoms with Gasteiger partial charge in [0.1, 0.15) is 0 Å². The Hall–Kier alpha value is -3.54. The minimum absolute atomic E-state index is 0.0589. The van der Waals surface area contributed by atoms with Gasteiger partial charge in [0, 0.05) is 18.3 Å². The van der Waals surface area contributed by atoms with Crippen molar-refractivity contribution in [1.29, 1.82) is 0 Å². The third kappa shape index (κ3) is 6.84. The number of ether oxygens (including phenoxy) is 4. The van der Waals surface area contributed by atoms with Crippen LogP contribution in [-0.4, -0.2) is 70.2 Å². The van der Waals surface area contributed by atoms with E-state index in [1.165, 1.54) is 7.11 Å². The Morgan fingerprint density at radius 1 is 0.977 bits per heavy atom. The molecular formula is C32H44N4O7. The predicted molar refractivity (Wildman–Crippen MR) is 161 cm³/mol. The molecule has 0 spiro atoms. The molecular weight excluding hydrogens is 552 g/mol. The van der Waals surface area contributed by atoms with E-state index in [0.717, 1.165) is 68.6 Å². The van der Waals surface area contributed by atoms with Gasteiger partial charge in [-0.3, -0.25) is 9.59 Å². The number of aromatic hydroxyl groups is 1. The van der Waals surface area contributed by atoms with Crippen LogP contribution in [0.25, 0.3) is 0 Å². The Kier molecular flexibility index (Phi) is 10.3. The molecule has 4 atom stereocenters. The number of esters is 1. The molecule has 2 heterocycles. The van der Waals surface area contributed by atoms with Crippen LogP contribution in [0.2, 0.25) is 0 Å². The molecule has 0 saturated carbocycles. The number of cyclic esters (lactones) is 1. The standard InChI is InChI=1S/C32H44N4O7/c1-19-13-20(14-26(40-2)31(19)38)28-21-15-24-25(43-18-42-24)16-22(21)30(23-17-41-32(39)29(23)28)36-27(37)7-3-4-9-34-11-6-12-35-10-5-8-33/h13-16,23,28-30,34-35,38H,3-12,17-18,33H2,1-2H3,(H,36,37)/t23-,28?,29-,30+/m0/s1. The van der Waals surface area contributed by atoms with Crippen LogP contribution in [-0.2, 0) is 14.3 Å². The largest absolute Gasteiger partial charge is 0.504 e. The quantitative estimate of drug-likeness (QED) is 0.153. The van der Waals surface area contributed by atoms with E-state index < -0.39 is 12.0 Å². The molecule has 234 valence electrons. The second kappa shape index (κ2) is 14.3. The van der Waals surface area contributed by atoms with E-state index in [0.29, 0.717) is 35.8 Å². The Morgan fingerprint density at radius 3 is 2.40 bits per heavy atom. The van der Waals surface area contributed by atoms with Gasteiger partial charge in [0.25, 0.3) is 0 Å². The Balaban J connectivity index is 1.29. The van der Waals surface area contributed by atoms with Crippen LogP contribution in [0.4, 0.5) is 0 Å². The molecule has 43 heavy (non-hydrogen) atoms. The van der Waals surface area contributed by atoms with Crippen LogP contribution in [0.1, 0.15) is 66.3 Å². The molecule has 3 aliphatic rings. The van der Waals surface area contributed by atoms with E-state index in [9.17, 15) is 14.7 Å². The van der Waals surface area contributed by atoms with Gasteiger partial charge >= 0.3 is 5.97 Å². The number of nitrogens with two attached hydrogens (primary N) is 1. The smallest absolute Gasteiger partial charge is 0.310 e. The molecule has 1 saturated heterocycles. The number of carbonyl (C=O) groups is 2. The molecule has 1 aliphatic carbocycles. The third-order valence-corrected chi connectivity index (χ3v) is 8.64. The van der Waals surface area contributed by atoms with Crippen molar-refractivity contribution in [1.82, 2.24) is 16.0 Å². The van der Waals surface area contributed by atoms with Crippen molar-refractivity contribution in [2.45, 2.75) is 51.0 Å². The second-order valence-electron chi connectivity index (χ2n) is 11.5. The lowest BCUT2D eigenvalue weighted by molar-refractivity contribution is -0.141. The first-order chi connectivity index (χ1) is 20.9. The zero-order chi connectivity index (χ0) is 30.3. The predicted octanol–water partition coefficient (Wildman–Crippen LogP) is 2.62. The number of nitrogens with one attached hydrogen (secondary N) is 3. The van der Waals surface area contributed by atoms with Crippen molar-refractivity contribution in [2.75, 3.05) is 53.2 Å². The average molecular weight is 597 g/mol. The fraction of sp³-hybridized carbons (Fsp3) is 0.562. The molecule has 0 radical (unpaired) electrons. The molecule has 5 rings (SSSR count). The molecule has 1 unspecified atom stereocenters. The topological polar surface area (TPSA) is 153 Å². The number of carbonyl (C=O) groups excluding carboxylic acids is 2. The second-order valence-corrected chi connectivity index (χ2v) is 11.5. The Bertz CT molecular complexity index is 1300. The lowest BCUT2D eigenvalue weighted by atomic mass is 9.65. The van der Waals surface area contributed by atoms with Gasteiger partial charge < -0.3 is 45.7 Å². The van der Waals surface area contributed by atoms with Gasteiger partial charge in [-0.15, -0.1) is 0 Å². The van der Waals surface area contributed by atoms with Crippen molar-refractivity contribution in [2.24, 2.45) is 17.6 Å². The molecule has 0 bridgehead atoms. The molecule has 2 aromatic rings. The highest BCUT2D eigenvalue weighted by Crippen LogP contribution is 2.55. The van der Waals surface area contributed by atoms with E-state index in [4.69, 9.17) is 24.7 Å². The number of phenolic OH excluding ortho intramolecular Hbond substituents is 1. The van der Waals surface area contributed by atoms with Crippen LogP contribution in [0, 0.1) is 18.8 Å². The summed E-state index contributed by atoms with van der Waals surface area (Å²) >= 11 is 0. The third-order valence-electron chi connectivity index (χ3n) is 8.64. The monoisotopic (exact) mass is 596 g/mol. The summed E-state index contributed by atoms with van der Waals surface area (Å²) in [6.07, 6.45) is 4.08. The van der Waals surface area contributed by atoms with Crippen molar-refractivity contribution < 1.29 is 33.6 Å². The van der Waals surface area contributed by atoms with Crippen LogP contribution in [0.3, 0.4) is 0 Å². The fourth-order valence-electron chi connectivity index (χ4n) is 6.45. The molecule has 2 aliphatic heterocycles. The van der Waals surface area contributed by atoms with Gasteiger partial charge in [-0.05, 0) is 106 Å². The van der Waals surface area contributed by atoms with Gasteiger partial charge in [0.2, 0.25) is 12.7 Å². The number of hydrogen-bond donors (Lipinski definition) is 5. The molecule has 11 nitrogen and oxygen atoms in total. The number of rotatable bonds is 15. The van der Waals surface area contributed by atoms with Crippen molar-refractivity contribution >= 4 is 11.9 Å². The van der Waals surface area contributed by atoms with Crippen molar-refractivity contribution in [3.05, 3.63) is 46.5 Å². The Morgan fingerprint density at radius 2 is 1.67 bits per heavy atom. The summed E-state index contributed by atoms with van der Waals surface area (Å²) in [6.45, 7) is 6.54. The number of aryl methyl sites for hydroxylation is 1. The van der Waals surface area contributed by atoms with Gasteiger partial charge in [0.05, 0.1) is 25.7 Å².